The molecule has 0 bridgehead atoms. The van der Waals surface area contributed by atoms with E-state index in [2.05, 4.69) is 13.5 Å². The minimum absolute atomic E-state index is 0.333. The Bertz CT molecular complexity index is 392. The Hall–Kier alpha value is -0.300. The molecule has 0 N–H and O–H groups in total. The molecule has 0 amide bonds. The third-order valence-electron chi connectivity index (χ3n) is 8.33. The van der Waals surface area contributed by atoms with Crippen molar-refractivity contribution in [2.45, 2.75) is 116 Å². The molecule has 1 heteroatoms. The minimum atomic E-state index is 0.333. The molecule has 2 unspecified atom stereocenters. The average Bonchev–Trinajstić information content (AvgIpc) is 2.74. The van der Waals surface area contributed by atoms with E-state index < -0.39 is 0 Å². The molecule has 0 spiro atoms. The molecule has 2 aliphatic carbocycles. The molecule has 3 aliphatic rings. The van der Waals surface area contributed by atoms with Gasteiger partial charge in [0.15, 0.2) is 0 Å². The van der Waals surface area contributed by atoms with Crippen LogP contribution in [-0.2, 0) is 4.74 Å². The van der Waals surface area contributed by atoms with E-state index in [1.807, 2.05) is 6.08 Å². The molecule has 1 heterocycles. The first-order valence-electron chi connectivity index (χ1n) is 12.5. The van der Waals surface area contributed by atoms with Gasteiger partial charge < -0.3 is 4.74 Å². The van der Waals surface area contributed by atoms with Gasteiger partial charge >= 0.3 is 0 Å². The first-order valence-corrected chi connectivity index (χ1v) is 12.5. The fraction of sp³-hybridized carbons (Fsp3) is 0.923. The van der Waals surface area contributed by atoms with Gasteiger partial charge in [0.2, 0.25) is 0 Å². The molecule has 2 saturated carbocycles. The quantitative estimate of drug-likeness (QED) is 0.294. The number of unbranched alkanes of at least 4 members (excludes halogenated alkanes) is 2. The summed E-state index contributed by atoms with van der Waals surface area (Å²) in [5, 5.41) is 0. The van der Waals surface area contributed by atoms with E-state index in [4.69, 9.17) is 4.74 Å². The van der Waals surface area contributed by atoms with Crippen LogP contribution in [0.15, 0.2) is 12.7 Å². The number of rotatable bonds is 9. The fourth-order valence-electron chi connectivity index (χ4n) is 6.26. The van der Waals surface area contributed by atoms with Gasteiger partial charge in [-0.2, -0.15) is 0 Å². The highest BCUT2D eigenvalue weighted by Crippen LogP contribution is 2.41. The van der Waals surface area contributed by atoms with E-state index >= 15 is 0 Å². The maximum absolute atomic E-state index is 5.97. The van der Waals surface area contributed by atoms with Crippen LogP contribution in [0.4, 0.5) is 0 Å². The molecule has 27 heavy (non-hydrogen) atoms. The molecular formula is C26H46O. The first kappa shape index (κ1) is 21.4. The smallest absolute Gasteiger partial charge is 0.0753 e. The lowest BCUT2D eigenvalue weighted by Gasteiger charge is -2.37. The van der Waals surface area contributed by atoms with Crippen LogP contribution in [0, 0.1) is 29.6 Å². The van der Waals surface area contributed by atoms with Gasteiger partial charge in [0.1, 0.15) is 0 Å². The molecule has 0 aromatic carbocycles. The Morgan fingerprint density at radius 3 is 1.78 bits per heavy atom. The minimum Gasteiger partial charge on any atom is -0.374 e. The van der Waals surface area contributed by atoms with Crippen molar-refractivity contribution >= 4 is 0 Å². The average molecular weight is 375 g/mol. The highest BCUT2D eigenvalue weighted by Gasteiger charge is 2.31. The molecule has 0 aromatic heterocycles. The van der Waals surface area contributed by atoms with Crippen LogP contribution in [0.2, 0.25) is 0 Å². The Labute approximate surface area is 169 Å². The topological polar surface area (TPSA) is 9.23 Å². The molecule has 3 rings (SSSR count). The largest absolute Gasteiger partial charge is 0.374 e. The van der Waals surface area contributed by atoms with Crippen LogP contribution < -0.4 is 0 Å². The summed E-state index contributed by atoms with van der Waals surface area (Å²) in [5.74, 6) is 4.96. The summed E-state index contributed by atoms with van der Waals surface area (Å²) in [6.45, 7) is 7.20. The molecular weight excluding hydrogens is 328 g/mol. The monoisotopic (exact) mass is 374 g/mol. The van der Waals surface area contributed by atoms with Gasteiger partial charge in [-0.15, -0.1) is 6.58 Å². The van der Waals surface area contributed by atoms with E-state index in [0.29, 0.717) is 6.10 Å². The molecule has 2 atom stereocenters. The van der Waals surface area contributed by atoms with Gasteiger partial charge in [-0.1, -0.05) is 90.0 Å². The van der Waals surface area contributed by atoms with Crippen molar-refractivity contribution in [3.63, 3.8) is 0 Å². The van der Waals surface area contributed by atoms with Gasteiger partial charge in [-0.05, 0) is 55.3 Å². The van der Waals surface area contributed by atoms with Crippen LogP contribution in [0.25, 0.3) is 0 Å². The number of ether oxygens (including phenoxy) is 1. The van der Waals surface area contributed by atoms with Crippen LogP contribution in [-0.4, -0.2) is 12.7 Å². The van der Waals surface area contributed by atoms with Crippen LogP contribution in [0.1, 0.15) is 110 Å². The van der Waals surface area contributed by atoms with Crippen molar-refractivity contribution in [3.05, 3.63) is 12.7 Å². The summed E-state index contributed by atoms with van der Waals surface area (Å²) < 4.78 is 5.97. The van der Waals surface area contributed by atoms with Crippen LogP contribution in [0.5, 0.6) is 0 Å². The highest BCUT2D eigenvalue weighted by molar-refractivity contribution is 4.87. The summed E-state index contributed by atoms with van der Waals surface area (Å²) in [6, 6.07) is 0. The van der Waals surface area contributed by atoms with Crippen molar-refractivity contribution in [3.8, 4) is 0 Å². The van der Waals surface area contributed by atoms with Gasteiger partial charge in [0, 0.05) is 0 Å². The van der Waals surface area contributed by atoms with Gasteiger partial charge in [0.05, 0.1) is 12.7 Å². The lowest BCUT2D eigenvalue weighted by molar-refractivity contribution is -0.0168. The third-order valence-corrected chi connectivity index (χ3v) is 8.33. The van der Waals surface area contributed by atoms with Gasteiger partial charge in [0.25, 0.3) is 0 Å². The van der Waals surface area contributed by atoms with Crippen LogP contribution >= 0.6 is 0 Å². The zero-order valence-electron chi connectivity index (χ0n) is 18.2. The summed E-state index contributed by atoms with van der Waals surface area (Å²) in [7, 11) is 0. The maximum atomic E-state index is 5.97. The molecule has 0 aromatic rings. The maximum Gasteiger partial charge on any atom is 0.0753 e. The molecule has 1 aliphatic heterocycles. The Kier molecular flexibility index (Phi) is 9.23. The summed E-state index contributed by atoms with van der Waals surface area (Å²) in [6.07, 6.45) is 25.9. The lowest BCUT2D eigenvalue weighted by Crippen LogP contribution is -2.31. The predicted octanol–water partition coefficient (Wildman–Crippen LogP) is 7.94. The second kappa shape index (κ2) is 11.6. The van der Waals surface area contributed by atoms with E-state index in [-0.39, 0.29) is 0 Å². The molecule has 1 nitrogen and oxygen atoms in total. The molecule has 3 fully saturated rings. The Morgan fingerprint density at radius 2 is 1.26 bits per heavy atom. The lowest BCUT2D eigenvalue weighted by atomic mass is 9.71. The van der Waals surface area contributed by atoms with Crippen molar-refractivity contribution in [1.29, 1.82) is 0 Å². The fourth-order valence-corrected chi connectivity index (χ4v) is 6.26. The first-order chi connectivity index (χ1) is 13.3. The van der Waals surface area contributed by atoms with Crippen molar-refractivity contribution in [2.24, 2.45) is 29.6 Å². The molecule has 156 valence electrons. The zero-order valence-corrected chi connectivity index (χ0v) is 18.2. The SMILES string of the molecule is C=CC1CCC(C2CCC(CCC3CCC(CCCCC)CC3)CC2)CO1. The van der Waals surface area contributed by atoms with E-state index in [1.165, 1.54) is 103 Å². The highest BCUT2D eigenvalue weighted by atomic mass is 16.5. The summed E-state index contributed by atoms with van der Waals surface area (Å²) in [4.78, 5) is 0. The van der Waals surface area contributed by atoms with Crippen molar-refractivity contribution < 1.29 is 4.74 Å². The third kappa shape index (κ3) is 6.91. The second-order valence-corrected chi connectivity index (χ2v) is 10.2. The van der Waals surface area contributed by atoms with E-state index in [1.54, 1.807) is 0 Å². The van der Waals surface area contributed by atoms with Crippen LogP contribution in [0.3, 0.4) is 0 Å². The summed E-state index contributed by atoms with van der Waals surface area (Å²) >= 11 is 0. The normalized spacial score (nSPS) is 37.8. The Balaban J connectivity index is 1.25. The molecule has 0 radical (unpaired) electrons. The number of hydrogen-bond acceptors (Lipinski definition) is 1. The Morgan fingerprint density at radius 1 is 0.704 bits per heavy atom. The predicted molar refractivity (Wildman–Crippen MR) is 117 cm³/mol. The standard InChI is InChI=1S/C26H46O/c1-3-5-6-7-21-8-10-22(11-9-21)12-13-23-14-16-24(17-15-23)25-18-19-26(4-2)27-20-25/h4,21-26H,2-3,5-20H2,1H3. The van der Waals surface area contributed by atoms with Gasteiger partial charge in [-0.25, -0.2) is 0 Å². The zero-order chi connectivity index (χ0) is 18.9. The summed E-state index contributed by atoms with van der Waals surface area (Å²) in [5.41, 5.74) is 0. The number of hydrogen-bond donors (Lipinski definition) is 0. The van der Waals surface area contributed by atoms with E-state index in [0.717, 1.165) is 36.2 Å². The second-order valence-electron chi connectivity index (χ2n) is 10.2. The van der Waals surface area contributed by atoms with Gasteiger partial charge in [-0.3, -0.25) is 0 Å². The van der Waals surface area contributed by atoms with Crippen molar-refractivity contribution in [2.75, 3.05) is 6.61 Å². The molecule has 1 saturated heterocycles. The van der Waals surface area contributed by atoms with Crippen molar-refractivity contribution in [1.82, 2.24) is 0 Å². The van der Waals surface area contributed by atoms with E-state index in [9.17, 15) is 0 Å².